The van der Waals surface area contributed by atoms with Gasteiger partial charge in [-0.1, -0.05) is 49.0 Å². The van der Waals surface area contributed by atoms with Crippen LogP contribution < -0.4 is 0 Å². The van der Waals surface area contributed by atoms with Crippen LogP contribution in [0.25, 0.3) is 10.8 Å². The average Bonchev–Trinajstić information content (AvgIpc) is 2.91. The predicted molar refractivity (Wildman–Crippen MR) is 87.0 cm³/mol. The molecule has 0 aliphatic carbocycles. The summed E-state index contributed by atoms with van der Waals surface area (Å²) in [5.41, 5.74) is 1.75. The second kappa shape index (κ2) is 5.76. The molecule has 0 bridgehead atoms. The molecule has 3 rings (SSSR count). The number of rotatable bonds is 3. The smallest absolute Gasteiger partial charge is 0.326 e. The maximum atomic E-state index is 12.2. The highest BCUT2D eigenvalue weighted by Crippen LogP contribution is 2.36. The summed E-state index contributed by atoms with van der Waals surface area (Å²) in [6.45, 7) is 5.58. The third-order valence-electron chi connectivity index (χ3n) is 4.03. The Balaban J connectivity index is 2.22. The van der Waals surface area contributed by atoms with E-state index in [1.54, 1.807) is 6.92 Å². The molecule has 2 atom stereocenters. The van der Waals surface area contributed by atoms with Crippen molar-refractivity contribution in [3.05, 3.63) is 65.4 Å². The Bertz CT molecular complexity index is 819. The Hall–Kier alpha value is -2.82. The van der Waals surface area contributed by atoms with Gasteiger partial charge in [0.1, 0.15) is 5.92 Å². The lowest BCUT2D eigenvalue weighted by Gasteiger charge is -2.18. The second-order valence-electron chi connectivity index (χ2n) is 5.52. The van der Waals surface area contributed by atoms with Gasteiger partial charge in [0.05, 0.1) is 7.11 Å². The van der Waals surface area contributed by atoms with Gasteiger partial charge in [-0.25, -0.2) is 0 Å². The molecular formula is C18H17NO4. The Morgan fingerprint density at radius 3 is 2.65 bits per heavy atom. The summed E-state index contributed by atoms with van der Waals surface area (Å²) in [5.74, 6) is -1.14. The van der Waals surface area contributed by atoms with Gasteiger partial charge in [-0.3, -0.25) is 10.0 Å². The number of fused-ring (bicyclic) bond motifs is 1. The molecule has 0 saturated carbocycles. The third-order valence-corrected chi connectivity index (χ3v) is 4.03. The summed E-state index contributed by atoms with van der Waals surface area (Å²) in [4.78, 5) is 17.7. The molecule has 0 spiro atoms. The number of methoxy groups -OCH3 is 1. The lowest BCUT2D eigenvalue weighted by atomic mass is 9.84. The van der Waals surface area contributed by atoms with Crippen LogP contribution >= 0.6 is 0 Å². The molecule has 0 amide bonds. The molecule has 5 heteroatoms. The van der Waals surface area contributed by atoms with Gasteiger partial charge >= 0.3 is 5.97 Å². The minimum absolute atomic E-state index is 0.344. The summed E-state index contributed by atoms with van der Waals surface area (Å²) in [6.07, 6.45) is -1.02. The van der Waals surface area contributed by atoms with Crippen molar-refractivity contribution in [3.63, 3.8) is 0 Å². The Morgan fingerprint density at radius 2 is 1.96 bits per heavy atom. The number of esters is 1. The molecule has 0 radical (unpaired) electrons. The Morgan fingerprint density at radius 1 is 1.26 bits per heavy atom. The van der Waals surface area contributed by atoms with E-state index in [0.29, 0.717) is 16.2 Å². The molecule has 1 aliphatic rings. The molecule has 2 aromatic carbocycles. The molecule has 0 N–H and O–H groups in total. The van der Waals surface area contributed by atoms with Crippen LogP contribution in [0.2, 0.25) is 0 Å². The van der Waals surface area contributed by atoms with Gasteiger partial charge in [0.15, 0.2) is 6.10 Å². The largest absolute Gasteiger partial charge is 0.468 e. The molecule has 0 fully saturated rings. The first-order valence-corrected chi connectivity index (χ1v) is 7.27. The van der Waals surface area contributed by atoms with E-state index in [1.165, 1.54) is 7.11 Å². The molecule has 118 valence electrons. The van der Waals surface area contributed by atoms with Crippen molar-refractivity contribution >= 4 is 22.5 Å². The quantitative estimate of drug-likeness (QED) is 0.646. The number of carbonyl (C=O) groups excluding carboxylic acids is 1. The predicted octanol–water partition coefficient (Wildman–Crippen LogP) is 2.94. The fourth-order valence-corrected chi connectivity index (χ4v) is 3.03. The van der Waals surface area contributed by atoms with Crippen molar-refractivity contribution < 1.29 is 19.3 Å². The van der Waals surface area contributed by atoms with E-state index in [0.717, 1.165) is 16.3 Å². The van der Waals surface area contributed by atoms with Crippen LogP contribution in [0.3, 0.4) is 0 Å². The molecule has 0 aromatic heterocycles. The third kappa shape index (κ3) is 2.44. The van der Waals surface area contributed by atoms with Crippen LogP contribution in [0.5, 0.6) is 0 Å². The first-order valence-electron chi connectivity index (χ1n) is 7.27. The van der Waals surface area contributed by atoms with Gasteiger partial charge < -0.3 is 9.57 Å². The Labute approximate surface area is 134 Å². The van der Waals surface area contributed by atoms with Gasteiger partial charge in [-0.2, -0.15) is 0 Å². The van der Waals surface area contributed by atoms with Crippen molar-refractivity contribution in [1.82, 2.24) is 0 Å². The van der Waals surface area contributed by atoms with Gasteiger partial charge in [0, 0.05) is 10.5 Å². The summed E-state index contributed by atoms with van der Waals surface area (Å²) in [5, 5.41) is 14.1. The normalized spacial score (nSPS) is 20.4. The number of hydrogen-bond donors (Lipinski definition) is 0. The highest BCUT2D eigenvalue weighted by atomic mass is 16.9. The van der Waals surface area contributed by atoms with E-state index in [2.05, 4.69) is 6.58 Å². The first-order chi connectivity index (χ1) is 11.0. The fourth-order valence-electron chi connectivity index (χ4n) is 3.03. The average molecular weight is 311 g/mol. The monoisotopic (exact) mass is 311 g/mol. The topological polar surface area (TPSA) is 61.6 Å². The van der Waals surface area contributed by atoms with Crippen LogP contribution in [-0.2, 0) is 14.4 Å². The minimum atomic E-state index is -1.02. The van der Waals surface area contributed by atoms with E-state index in [-0.39, 0.29) is 0 Å². The minimum Gasteiger partial charge on any atom is -0.468 e. The van der Waals surface area contributed by atoms with Crippen LogP contribution in [0, 0.1) is 5.21 Å². The summed E-state index contributed by atoms with van der Waals surface area (Å²) < 4.78 is 4.80. The van der Waals surface area contributed by atoms with Gasteiger partial charge in [0.2, 0.25) is 0 Å². The van der Waals surface area contributed by atoms with Crippen LogP contribution in [0.1, 0.15) is 18.4 Å². The molecule has 5 nitrogen and oxygen atoms in total. The van der Waals surface area contributed by atoms with Crippen molar-refractivity contribution in [2.24, 2.45) is 0 Å². The van der Waals surface area contributed by atoms with E-state index < -0.39 is 18.0 Å². The second-order valence-corrected chi connectivity index (χ2v) is 5.52. The van der Waals surface area contributed by atoms with Crippen LogP contribution in [0.4, 0.5) is 0 Å². The van der Waals surface area contributed by atoms with Crippen molar-refractivity contribution in [2.45, 2.75) is 18.9 Å². The zero-order valence-electron chi connectivity index (χ0n) is 13.0. The van der Waals surface area contributed by atoms with Gasteiger partial charge in [-0.15, -0.1) is 0 Å². The Kier molecular flexibility index (Phi) is 3.78. The zero-order valence-corrected chi connectivity index (χ0v) is 13.0. The number of ether oxygens (including phenoxy) is 1. The van der Waals surface area contributed by atoms with Gasteiger partial charge in [0.25, 0.3) is 5.71 Å². The van der Waals surface area contributed by atoms with E-state index in [1.807, 2.05) is 42.5 Å². The molecule has 0 unspecified atom stereocenters. The van der Waals surface area contributed by atoms with Crippen molar-refractivity contribution in [3.8, 4) is 0 Å². The lowest BCUT2D eigenvalue weighted by molar-refractivity contribution is -0.737. The zero-order chi connectivity index (χ0) is 16.6. The molecule has 2 aromatic rings. The molecule has 23 heavy (non-hydrogen) atoms. The summed E-state index contributed by atoms with van der Waals surface area (Å²) >= 11 is 0. The van der Waals surface area contributed by atoms with E-state index in [4.69, 9.17) is 9.57 Å². The molecule has 0 saturated heterocycles. The SMILES string of the molecule is C=C(C)C1=[N+]([O-])O[C@@H](C(=O)OC)[C@@H]1c1cccc2ccccc12. The number of nitrogens with zero attached hydrogens (tertiary/aromatic N) is 1. The summed E-state index contributed by atoms with van der Waals surface area (Å²) in [6, 6.07) is 13.6. The first kappa shape index (κ1) is 15.1. The van der Waals surface area contributed by atoms with E-state index in [9.17, 15) is 10.0 Å². The van der Waals surface area contributed by atoms with Crippen LogP contribution in [-0.4, -0.2) is 29.8 Å². The fraction of sp³-hybridized carbons (Fsp3) is 0.222. The highest BCUT2D eigenvalue weighted by molar-refractivity contribution is 6.06. The van der Waals surface area contributed by atoms with Gasteiger partial charge in [-0.05, 0) is 23.3 Å². The number of carbonyl (C=O) groups is 1. The highest BCUT2D eigenvalue weighted by Gasteiger charge is 2.46. The number of hydrogen-bond acceptors (Lipinski definition) is 4. The maximum Gasteiger partial charge on any atom is 0.326 e. The number of allylic oxidation sites excluding steroid dienone is 1. The standard InChI is InChI=1S/C18H17NO4/c1-11(2)16-15(17(18(20)22-3)23-19(16)21)14-10-6-8-12-7-4-5-9-13(12)14/h4-10,15,17H,1H2,2-3H3/t15-,17-/m1/s1. The van der Waals surface area contributed by atoms with E-state index >= 15 is 0 Å². The maximum absolute atomic E-state index is 12.2. The molecular weight excluding hydrogens is 294 g/mol. The lowest BCUT2D eigenvalue weighted by Crippen LogP contribution is -2.31. The molecule has 1 heterocycles. The number of benzene rings is 2. The van der Waals surface area contributed by atoms with Crippen molar-refractivity contribution in [2.75, 3.05) is 7.11 Å². The molecule has 1 aliphatic heterocycles. The van der Waals surface area contributed by atoms with Crippen LogP contribution in [0.15, 0.2) is 54.6 Å². The van der Waals surface area contributed by atoms with Crippen molar-refractivity contribution in [1.29, 1.82) is 0 Å². The summed E-state index contributed by atoms with van der Waals surface area (Å²) in [7, 11) is 1.28.